The van der Waals surface area contributed by atoms with Crippen LogP contribution in [0.5, 0.6) is 0 Å². The zero-order chi connectivity index (χ0) is 20.8. The van der Waals surface area contributed by atoms with Crippen molar-refractivity contribution in [1.29, 1.82) is 0 Å². The van der Waals surface area contributed by atoms with Gasteiger partial charge in [0.2, 0.25) is 8.32 Å². The highest BCUT2D eigenvalue weighted by Crippen LogP contribution is 2.12. The van der Waals surface area contributed by atoms with E-state index in [4.69, 9.17) is 8.85 Å². The van der Waals surface area contributed by atoms with Crippen LogP contribution in [0.1, 0.15) is 78.6 Å². The second-order valence-electron chi connectivity index (χ2n) is 7.53. The molecule has 0 aliphatic carbocycles. The fraction of sp³-hybridized carbons (Fsp3) is 0.950. The number of hydrogen-bond donors (Lipinski definition) is 0. The molecule has 0 aliphatic rings. The van der Waals surface area contributed by atoms with Crippen molar-refractivity contribution in [3.05, 3.63) is 0 Å². The van der Waals surface area contributed by atoms with E-state index < -0.39 is 8.32 Å². The number of carbonyl (C=O) groups is 1. The number of hydrogen-bond acceptors (Lipinski definition) is 5. The van der Waals surface area contributed by atoms with Crippen LogP contribution in [-0.2, 0) is 23.4 Å². The minimum Gasteiger partial charge on any atom is -0.520 e. The van der Waals surface area contributed by atoms with Crippen molar-refractivity contribution in [3.8, 4) is 0 Å². The molecule has 0 atom stereocenters. The summed E-state index contributed by atoms with van der Waals surface area (Å²) in [5, 5.41) is 0. The number of unbranched alkanes of at least 4 members (excludes halogenated alkanes) is 7. The Morgan fingerprint density at radius 3 is 1.67 bits per heavy atom. The van der Waals surface area contributed by atoms with Gasteiger partial charge >= 0.3 is 0 Å². The molecule has 0 saturated heterocycles. The van der Waals surface area contributed by atoms with E-state index in [9.17, 15) is 4.79 Å². The van der Waals surface area contributed by atoms with Gasteiger partial charge in [0, 0.05) is 13.0 Å². The van der Waals surface area contributed by atoms with Crippen LogP contribution in [0.25, 0.3) is 0 Å². The second-order valence-corrected chi connectivity index (χ2v) is 13.5. The predicted molar refractivity (Wildman–Crippen MR) is 119 cm³/mol. The second kappa shape index (κ2) is 22.1. The SMILES string of the molecule is CCOOCC.CCO[SiH2]CCCCCCCCCCC(=O)O[Si](C)(C)C. The quantitative estimate of drug-likeness (QED) is 0.136. The van der Waals surface area contributed by atoms with Crippen molar-refractivity contribution in [3.63, 3.8) is 0 Å². The van der Waals surface area contributed by atoms with Gasteiger partial charge in [-0.25, -0.2) is 9.78 Å². The molecule has 0 saturated carbocycles. The van der Waals surface area contributed by atoms with Gasteiger partial charge in [0.05, 0.1) is 13.2 Å². The number of carbonyl (C=O) groups excluding carboxylic acids is 1. The molecule has 0 N–H and O–H groups in total. The Hall–Kier alpha value is -0.216. The highest BCUT2D eigenvalue weighted by molar-refractivity contribution is 6.71. The zero-order valence-electron chi connectivity index (χ0n) is 18.9. The molecular weight excluding hydrogens is 376 g/mol. The van der Waals surface area contributed by atoms with E-state index in [0.29, 0.717) is 19.6 Å². The molecule has 0 bridgehead atoms. The summed E-state index contributed by atoms with van der Waals surface area (Å²) in [7, 11) is -1.88. The van der Waals surface area contributed by atoms with Crippen molar-refractivity contribution in [2.24, 2.45) is 0 Å². The summed E-state index contributed by atoms with van der Waals surface area (Å²) in [5.74, 6) is 0.00707. The summed E-state index contributed by atoms with van der Waals surface area (Å²) in [6.45, 7) is 14.2. The maximum absolute atomic E-state index is 11.5. The number of rotatable bonds is 17. The molecule has 0 spiro atoms. The van der Waals surface area contributed by atoms with Crippen molar-refractivity contribution < 1.29 is 23.4 Å². The molecule has 27 heavy (non-hydrogen) atoms. The minimum atomic E-state index is -1.68. The van der Waals surface area contributed by atoms with Crippen LogP contribution in [0.4, 0.5) is 0 Å². The third-order valence-corrected chi connectivity index (χ3v) is 5.94. The largest absolute Gasteiger partial charge is 0.520 e. The standard InChI is InChI=1S/C16H36O3Si2.C4H10O2/c1-5-18-20-15-13-11-9-7-6-8-10-12-14-16(17)19-21(2,3)4;1-3-5-6-4-2/h5-15,20H2,1-4H3;3-4H2,1-2H3. The van der Waals surface area contributed by atoms with E-state index in [2.05, 4.69) is 36.3 Å². The Balaban J connectivity index is 0. The highest BCUT2D eigenvalue weighted by atomic mass is 28.4. The lowest BCUT2D eigenvalue weighted by Crippen LogP contribution is -2.28. The van der Waals surface area contributed by atoms with Gasteiger partial charge in [-0.15, -0.1) is 0 Å². The first-order valence-corrected chi connectivity index (χ1v) is 15.9. The van der Waals surface area contributed by atoms with Gasteiger partial charge in [-0.05, 0) is 52.9 Å². The molecule has 0 unspecified atom stereocenters. The Kier molecular flexibility index (Phi) is 23.7. The Morgan fingerprint density at radius 2 is 1.22 bits per heavy atom. The summed E-state index contributed by atoms with van der Waals surface area (Å²) >= 11 is 0. The summed E-state index contributed by atoms with van der Waals surface area (Å²) in [4.78, 5) is 20.5. The van der Waals surface area contributed by atoms with Gasteiger partial charge in [-0.2, -0.15) is 0 Å². The maximum Gasteiger partial charge on any atom is 0.292 e. The Bertz CT molecular complexity index is 305. The third kappa shape index (κ3) is 30.7. The van der Waals surface area contributed by atoms with Crippen LogP contribution in [0.15, 0.2) is 0 Å². The molecule has 0 aliphatic heterocycles. The first kappa shape index (κ1) is 29.0. The lowest BCUT2D eigenvalue weighted by Gasteiger charge is -2.17. The molecule has 0 amide bonds. The van der Waals surface area contributed by atoms with Crippen LogP contribution >= 0.6 is 0 Å². The van der Waals surface area contributed by atoms with Gasteiger partial charge < -0.3 is 8.85 Å². The van der Waals surface area contributed by atoms with Crippen molar-refractivity contribution in [2.45, 2.75) is 104 Å². The fourth-order valence-electron chi connectivity index (χ4n) is 2.41. The summed E-state index contributed by atoms with van der Waals surface area (Å²) < 4.78 is 10.9. The molecule has 0 fully saturated rings. The smallest absolute Gasteiger partial charge is 0.292 e. The average molecular weight is 423 g/mol. The molecule has 0 aromatic heterocycles. The van der Waals surface area contributed by atoms with Crippen molar-refractivity contribution in [2.75, 3.05) is 19.8 Å². The van der Waals surface area contributed by atoms with Crippen LogP contribution in [0.2, 0.25) is 25.7 Å². The van der Waals surface area contributed by atoms with Gasteiger partial charge in [0.25, 0.3) is 5.97 Å². The molecule has 0 aromatic rings. The molecule has 7 heteroatoms. The Labute approximate surface area is 171 Å². The minimum absolute atomic E-state index is 0.00707. The Morgan fingerprint density at radius 1 is 0.741 bits per heavy atom. The molecule has 0 radical (unpaired) electrons. The topological polar surface area (TPSA) is 54.0 Å². The summed E-state index contributed by atoms with van der Waals surface area (Å²) in [6.07, 6.45) is 10.7. The van der Waals surface area contributed by atoms with E-state index in [1.54, 1.807) is 0 Å². The van der Waals surface area contributed by atoms with Crippen molar-refractivity contribution >= 4 is 24.0 Å². The van der Waals surface area contributed by atoms with Gasteiger partial charge in [0.1, 0.15) is 0 Å². The first-order valence-electron chi connectivity index (χ1n) is 10.9. The first-order chi connectivity index (χ1) is 12.9. The van der Waals surface area contributed by atoms with Crippen LogP contribution in [0, 0.1) is 0 Å². The fourth-order valence-corrected chi connectivity index (χ4v) is 4.25. The van der Waals surface area contributed by atoms with E-state index in [0.717, 1.165) is 19.4 Å². The van der Waals surface area contributed by atoms with Gasteiger partial charge in [-0.3, -0.25) is 4.79 Å². The maximum atomic E-state index is 11.5. The van der Waals surface area contributed by atoms with Crippen LogP contribution in [0.3, 0.4) is 0 Å². The van der Waals surface area contributed by atoms with Gasteiger partial charge in [-0.1, -0.05) is 44.9 Å². The van der Waals surface area contributed by atoms with Gasteiger partial charge in [0.15, 0.2) is 9.76 Å². The molecule has 5 nitrogen and oxygen atoms in total. The van der Waals surface area contributed by atoms with E-state index in [1.807, 2.05) is 13.8 Å². The summed E-state index contributed by atoms with van der Waals surface area (Å²) in [6, 6.07) is 1.34. The molecule has 0 aromatic carbocycles. The van der Waals surface area contributed by atoms with E-state index >= 15 is 0 Å². The lowest BCUT2D eigenvalue weighted by atomic mass is 10.1. The molecular formula is C20H46O5Si2. The average Bonchev–Trinajstić information content (AvgIpc) is 2.60. The van der Waals surface area contributed by atoms with E-state index in [-0.39, 0.29) is 15.7 Å². The summed E-state index contributed by atoms with van der Waals surface area (Å²) in [5.41, 5.74) is 0. The van der Waals surface area contributed by atoms with Crippen LogP contribution in [-0.4, -0.2) is 43.9 Å². The zero-order valence-corrected chi connectivity index (χ0v) is 21.4. The van der Waals surface area contributed by atoms with Crippen molar-refractivity contribution in [1.82, 2.24) is 0 Å². The normalized spacial score (nSPS) is 11.5. The third-order valence-electron chi connectivity index (χ3n) is 3.61. The monoisotopic (exact) mass is 422 g/mol. The lowest BCUT2D eigenvalue weighted by molar-refractivity contribution is -0.287. The molecule has 0 rings (SSSR count). The molecule has 0 heterocycles. The predicted octanol–water partition coefficient (Wildman–Crippen LogP) is 5.39. The van der Waals surface area contributed by atoms with Crippen LogP contribution < -0.4 is 0 Å². The molecule has 164 valence electrons. The van der Waals surface area contributed by atoms with E-state index in [1.165, 1.54) is 44.6 Å². The highest BCUT2D eigenvalue weighted by Gasteiger charge is 2.19.